The fourth-order valence-electron chi connectivity index (χ4n) is 3.49. The Morgan fingerprint density at radius 2 is 1.35 bits per heavy atom. The smallest absolute Gasteiger partial charge is 0.270 e. The van der Waals surface area contributed by atoms with Crippen molar-refractivity contribution in [2.45, 2.75) is 0 Å². The number of hydrazone groups is 1. The molecule has 198 valence electrons. The summed E-state index contributed by atoms with van der Waals surface area (Å²) in [6, 6.07) is 24.5. The Hall–Kier alpha value is -6.18. The van der Waals surface area contributed by atoms with E-state index in [4.69, 9.17) is 4.42 Å². The van der Waals surface area contributed by atoms with Gasteiger partial charge in [-0.15, -0.1) is 0 Å². The number of benzene rings is 3. The fourth-order valence-corrected chi connectivity index (χ4v) is 3.49. The van der Waals surface area contributed by atoms with Crippen molar-refractivity contribution in [2.75, 3.05) is 16.1 Å². The Morgan fingerprint density at radius 3 is 2.02 bits per heavy atom. The molecule has 2 aromatic heterocycles. The van der Waals surface area contributed by atoms with Crippen LogP contribution in [0.2, 0.25) is 0 Å². The van der Waals surface area contributed by atoms with Gasteiger partial charge in [0.2, 0.25) is 17.8 Å². The van der Waals surface area contributed by atoms with Crippen LogP contribution < -0.4 is 16.1 Å². The first kappa shape index (κ1) is 25.5. The van der Waals surface area contributed by atoms with E-state index in [1.54, 1.807) is 24.3 Å². The Balaban J connectivity index is 1.34. The molecular formula is C26H19N9O5. The second-order valence-corrected chi connectivity index (χ2v) is 8.11. The van der Waals surface area contributed by atoms with Gasteiger partial charge in [-0.3, -0.25) is 20.2 Å². The first-order valence-electron chi connectivity index (χ1n) is 11.7. The SMILES string of the molecule is O=[N+]([O-])c1ccc(Nc2nc(NN=Cc3ccc(-c4cccc([N+](=O)[O-])c4)o3)nc(Nc3ccccc3)n2)cc1. The molecule has 0 amide bonds. The minimum atomic E-state index is -0.486. The summed E-state index contributed by atoms with van der Waals surface area (Å²) in [6.45, 7) is 0. The summed E-state index contributed by atoms with van der Waals surface area (Å²) in [7, 11) is 0. The molecule has 0 aliphatic heterocycles. The van der Waals surface area contributed by atoms with Gasteiger partial charge in [0, 0.05) is 41.2 Å². The normalized spacial score (nSPS) is 10.8. The Bertz CT molecular complexity index is 1690. The van der Waals surface area contributed by atoms with Crippen molar-refractivity contribution in [3.63, 3.8) is 0 Å². The number of para-hydroxylation sites is 1. The molecule has 0 fully saturated rings. The molecular weight excluding hydrogens is 518 g/mol. The van der Waals surface area contributed by atoms with Crippen LogP contribution in [0.4, 0.5) is 40.6 Å². The second-order valence-electron chi connectivity index (χ2n) is 8.11. The van der Waals surface area contributed by atoms with Crippen molar-refractivity contribution in [1.29, 1.82) is 0 Å². The van der Waals surface area contributed by atoms with Gasteiger partial charge < -0.3 is 15.1 Å². The number of nitrogens with zero attached hydrogens (tertiary/aromatic N) is 6. The molecule has 0 bridgehead atoms. The van der Waals surface area contributed by atoms with Crippen LogP contribution in [0.25, 0.3) is 11.3 Å². The summed E-state index contributed by atoms with van der Waals surface area (Å²) in [5.41, 5.74) is 4.47. The molecule has 0 saturated heterocycles. The number of non-ortho nitro benzene ring substituents is 2. The second kappa shape index (κ2) is 11.5. The maximum absolute atomic E-state index is 11.1. The molecule has 0 saturated carbocycles. The molecule has 0 aliphatic carbocycles. The maximum Gasteiger partial charge on any atom is 0.270 e. The molecule has 14 heteroatoms. The van der Waals surface area contributed by atoms with E-state index >= 15 is 0 Å². The number of aromatic nitrogens is 3. The fraction of sp³-hybridized carbons (Fsp3) is 0. The van der Waals surface area contributed by atoms with Crippen LogP contribution in [0, 0.1) is 20.2 Å². The average Bonchev–Trinajstić information content (AvgIpc) is 3.43. The molecule has 0 unspecified atom stereocenters. The van der Waals surface area contributed by atoms with E-state index in [1.165, 1.54) is 42.6 Å². The Labute approximate surface area is 225 Å². The zero-order valence-corrected chi connectivity index (χ0v) is 20.5. The van der Waals surface area contributed by atoms with Crippen molar-refractivity contribution >= 4 is 46.8 Å². The average molecular weight is 537 g/mol. The molecule has 14 nitrogen and oxygen atoms in total. The van der Waals surface area contributed by atoms with E-state index < -0.39 is 9.85 Å². The van der Waals surface area contributed by atoms with E-state index in [0.717, 1.165) is 5.69 Å². The summed E-state index contributed by atoms with van der Waals surface area (Å²) in [6.07, 6.45) is 1.40. The van der Waals surface area contributed by atoms with Crippen LogP contribution in [0.15, 0.2) is 101 Å². The molecule has 5 aromatic rings. The number of nitro benzene ring substituents is 2. The zero-order chi connectivity index (χ0) is 27.9. The number of hydrogen-bond donors (Lipinski definition) is 3. The number of hydrogen-bond acceptors (Lipinski definition) is 12. The van der Waals surface area contributed by atoms with Crippen LogP contribution >= 0.6 is 0 Å². The minimum Gasteiger partial charge on any atom is -0.455 e. The van der Waals surface area contributed by atoms with E-state index in [9.17, 15) is 20.2 Å². The Morgan fingerprint density at radius 1 is 0.700 bits per heavy atom. The summed E-state index contributed by atoms with van der Waals surface area (Å²) in [4.78, 5) is 34.0. The van der Waals surface area contributed by atoms with Crippen molar-refractivity contribution in [3.8, 4) is 11.3 Å². The first-order valence-corrected chi connectivity index (χ1v) is 11.7. The summed E-state index contributed by atoms with van der Waals surface area (Å²) < 4.78 is 5.74. The van der Waals surface area contributed by atoms with Gasteiger partial charge in [-0.05, 0) is 36.4 Å². The highest BCUT2D eigenvalue weighted by molar-refractivity contribution is 5.78. The molecule has 0 atom stereocenters. The van der Waals surface area contributed by atoms with Gasteiger partial charge in [0.05, 0.1) is 16.1 Å². The van der Waals surface area contributed by atoms with E-state index in [0.29, 0.717) is 22.8 Å². The monoisotopic (exact) mass is 537 g/mol. The van der Waals surface area contributed by atoms with Crippen LogP contribution in [0.5, 0.6) is 0 Å². The standard InChI is InChI=1S/C26H19N9O5/c36-34(37)20-11-9-19(10-12-20)29-25-30-24(28-18-6-2-1-3-7-18)31-26(32-25)33-27-16-22-13-14-23(40-22)17-5-4-8-21(15-17)35(38)39/h1-16H,(H3,28,29,30,31,32,33). The van der Waals surface area contributed by atoms with Gasteiger partial charge in [0.25, 0.3) is 11.4 Å². The van der Waals surface area contributed by atoms with Crippen LogP contribution in [0.3, 0.4) is 0 Å². The minimum absolute atomic E-state index is 0.0429. The third-order valence-corrected chi connectivity index (χ3v) is 5.32. The molecule has 0 aliphatic rings. The van der Waals surface area contributed by atoms with Crippen molar-refractivity contribution < 1.29 is 14.3 Å². The van der Waals surface area contributed by atoms with Crippen LogP contribution in [0.1, 0.15) is 5.76 Å². The lowest BCUT2D eigenvalue weighted by Crippen LogP contribution is -2.07. The van der Waals surface area contributed by atoms with Gasteiger partial charge in [0.15, 0.2) is 0 Å². The van der Waals surface area contributed by atoms with Crippen molar-refractivity contribution in [3.05, 3.63) is 117 Å². The van der Waals surface area contributed by atoms with Gasteiger partial charge in [-0.25, -0.2) is 5.43 Å². The van der Waals surface area contributed by atoms with E-state index in [1.807, 2.05) is 30.3 Å². The van der Waals surface area contributed by atoms with Gasteiger partial charge in [0.1, 0.15) is 11.5 Å². The highest BCUT2D eigenvalue weighted by Crippen LogP contribution is 2.25. The number of anilines is 5. The lowest BCUT2D eigenvalue weighted by molar-refractivity contribution is -0.385. The summed E-state index contributed by atoms with van der Waals surface area (Å²) in [5, 5.41) is 32.2. The predicted molar refractivity (Wildman–Crippen MR) is 148 cm³/mol. The van der Waals surface area contributed by atoms with Crippen molar-refractivity contribution in [1.82, 2.24) is 15.0 Å². The molecule has 0 radical (unpaired) electrons. The largest absolute Gasteiger partial charge is 0.455 e. The number of nitrogens with one attached hydrogen (secondary N) is 3. The third kappa shape index (κ3) is 6.38. The predicted octanol–water partition coefficient (Wildman–Crippen LogP) is 5.88. The molecule has 3 N–H and O–H groups in total. The van der Waals surface area contributed by atoms with Crippen LogP contribution in [-0.4, -0.2) is 31.0 Å². The van der Waals surface area contributed by atoms with E-state index in [-0.39, 0.29) is 29.2 Å². The lowest BCUT2D eigenvalue weighted by Gasteiger charge is -2.10. The summed E-state index contributed by atoms with van der Waals surface area (Å²) in [5.74, 6) is 1.30. The first-order chi connectivity index (χ1) is 19.4. The van der Waals surface area contributed by atoms with E-state index in [2.05, 4.69) is 36.1 Å². The molecule has 5 rings (SSSR count). The molecule has 2 heterocycles. The highest BCUT2D eigenvalue weighted by Gasteiger charge is 2.11. The van der Waals surface area contributed by atoms with Crippen LogP contribution in [-0.2, 0) is 0 Å². The Kier molecular flexibility index (Phi) is 7.30. The molecule has 3 aromatic carbocycles. The van der Waals surface area contributed by atoms with Gasteiger partial charge in [-0.2, -0.15) is 20.1 Å². The number of rotatable bonds is 10. The quantitative estimate of drug-likeness (QED) is 0.110. The summed E-state index contributed by atoms with van der Waals surface area (Å²) >= 11 is 0. The molecule has 0 spiro atoms. The maximum atomic E-state index is 11.1. The van der Waals surface area contributed by atoms with Gasteiger partial charge >= 0.3 is 0 Å². The third-order valence-electron chi connectivity index (χ3n) is 5.32. The highest BCUT2D eigenvalue weighted by atomic mass is 16.6. The number of furan rings is 1. The van der Waals surface area contributed by atoms with Gasteiger partial charge in [-0.1, -0.05) is 30.3 Å². The zero-order valence-electron chi connectivity index (χ0n) is 20.5. The molecule has 40 heavy (non-hydrogen) atoms. The topological polar surface area (TPSA) is 187 Å². The van der Waals surface area contributed by atoms with Crippen molar-refractivity contribution in [2.24, 2.45) is 5.10 Å². The lowest BCUT2D eigenvalue weighted by atomic mass is 10.1. The number of nitro groups is 2.